The number of anilines is 3. The molecule has 1 spiro atoms. The van der Waals surface area contributed by atoms with Crippen molar-refractivity contribution in [3.8, 4) is 5.75 Å². The highest BCUT2D eigenvalue weighted by Gasteiger charge is 2.45. The largest absolute Gasteiger partial charge is 0.490 e. The van der Waals surface area contributed by atoms with Gasteiger partial charge in [0.2, 0.25) is 5.75 Å². The number of nitrogens with one attached hydrogen (secondary N) is 2. The van der Waals surface area contributed by atoms with Crippen molar-refractivity contribution in [3.63, 3.8) is 0 Å². The summed E-state index contributed by atoms with van der Waals surface area (Å²) in [4.78, 5) is 62.2. The molecule has 3 heterocycles. The zero-order chi connectivity index (χ0) is 30.3. The van der Waals surface area contributed by atoms with E-state index in [0.29, 0.717) is 29.0 Å². The van der Waals surface area contributed by atoms with Gasteiger partial charge in [-0.25, -0.2) is 19.6 Å². The maximum absolute atomic E-state index is 13.9. The summed E-state index contributed by atoms with van der Waals surface area (Å²) in [5.41, 5.74) is -2.00. The van der Waals surface area contributed by atoms with Crippen molar-refractivity contribution in [1.82, 2.24) is 19.9 Å². The van der Waals surface area contributed by atoms with Gasteiger partial charge in [0.25, 0.3) is 11.5 Å². The van der Waals surface area contributed by atoms with Crippen LogP contribution in [0.3, 0.4) is 0 Å². The topological polar surface area (TPSA) is 154 Å². The molecule has 1 saturated carbocycles. The van der Waals surface area contributed by atoms with Crippen LogP contribution in [0.5, 0.6) is 5.75 Å². The van der Waals surface area contributed by atoms with Crippen LogP contribution in [0.15, 0.2) is 17.2 Å². The van der Waals surface area contributed by atoms with Crippen LogP contribution >= 0.6 is 0 Å². The summed E-state index contributed by atoms with van der Waals surface area (Å²) in [6.45, 7) is 11.7. The molecule has 0 aromatic carbocycles. The normalized spacial score (nSPS) is 16.0. The number of carbonyl (C=O) groups is 3. The van der Waals surface area contributed by atoms with Crippen molar-refractivity contribution < 1.29 is 28.6 Å². The number of rotatable bonds is 4. The van der Waals surface area contributed by atoms with Gasteiger partial charge in [-0.15, -0.1) is 0 Å². The number of amides is 3. The summed E-state index contributed by atoms with van der Waals surface area (Å²) in [6, 6.07) is 1.57. The van der Waals surface area contributed by atoms with Crippen LogP contribution in [0.2, 0.25) is 0 Å². The molecule has 3 amide bonds. The Morgan fingerprint density at radius 3 is 2.12 bits per heavy atom. The minimum absolute atomic E-state index is 0.0154. The van der Waals surface area contributed by atoms with E-state index in [1.807, 2.05) is 0 Å². The van der Waals surface area contributed by atoms with E-state index in [0.717, 1.165) is 25.6 Å². The molecule has 13 nitrogen and oxygen atoms in total. The molecular formula is C28H38N6O7. The van der Waals surface area contributed by atoms with Crippen LogP contribution in [-0.2, 0) is 15.1 Å². The summed E-state index contributed by atoms with van der Waals surface area (Å²) >= 11 is 0. The molecule has 1 fully saturated rings. The quantitative estimate of drug-likeness (QED) is 0.527. The number of aryl methyl sites for hydroxylation is 1. The molecule has 1 aliphatic heterocycles. The summed E-state index contributed by atoms with van der Waals surface area (Å²) < 4.78 is 18.0. The number of ether oxygens (including phenoxy) is 3. The average molecular weight is 571 g/mol. The van der Waals surface area contributed by atoms with Crippen molar-refractivity contribution in [3.05, 3.63) is 34.0 Å². The van der Waals surface area contributed by atoms with Gasteiger partial charge in [0.05, 0.1) is 7.11 Å². The van der Waals surface area contributed by atoms with E-state index in [-0.39, 0.29) is 29.0 Å². The third-order valence-electron chi connectivity index (χ3n) is 6.67. The lowest BCUT2D eigenvalue weighted by Crippen LogP contribution is -2.48. The maximum atomic E-state index is 13.9. The Morgan fingerprint density at radius 1 is 1.00 bits per heavy atom. The molecule has 2 N–H and O–H groups in total. The Bertz CT molecular complexity index is 1400. The van der Waals surface area contributed by atoms with Crippen LogP contribution in [0.1, 0.15) is 89.7 Å². The van der Waals surface area contributed by atoms with Crippen molar-refractivity contribution in [2.75, 3.05) is 17.3 Å². The van der Waals surface area contributed by atoms with E-state index in [2.05, 4.69) is 20.6 Å². The third kappa shape index (κ3) is 5.98. The van der Waals surface area contributed by atoms with E-state index in [4.69, 9.17) is 14.2 Å². The highest BCUT2D eigenvalue weighted by atomic mass is 16.6. The van der Waals surface area contributed by atoms with Crippen molar-refractivity contribution in [1.29, 1.82) is 0 Å². The van der Waals surface area contributed by atoms with Crippen LogP contribution in [-0.4, -0.2) is 50.9 Å². The molecule has 2 aromatic rings. The van der Waals surface area contributed by atoms with Gasteiger partial charge in [-0.3, -0.25) is 14.2 Å². The summed E-state index contributed by atoms with van der Waals surface area (Å²) in [5.74, 6) is -0.609. The van der Waals surface area contributed by atoms with E-state index < -0.39 is 34.6 Å². The number of pyridine rings is 1. The Balaban J connectivity index is 1.80. The molecule has 13 heteroatoms. The molecule has 222 valence electrons. The van der Waals surface area contributed by atoms with Gasteiger partial charge in [-0.1, -0.05) is 6.42 Å². The first kappa shape index (κ1) is 29.8. The number of aromatic nitrogens is 3. The molecule has 1 aliphatic carbocycles. The van der Waals surface area contributed by atoms with Gasteiger partial charge in [-0.2, -0.15) is 4.90 Å². The van der Waals surface area contributed by atoms with E-state index >= 15 is 0 Å². The first-order chi connectivity index (χ1) is 19.1. The number of nitrogens with zero attached hydrogens (tertiary/aromatic N) is 4. The predicted octanol–water partition coefficient (Wildman–Crippen LogP) is 4.74. The average Bonchev–Trinajstić information content (AvgIpc) is 3.12. The summed E-state index contributed by atoms with van der Waals surface area (Å²) in [6.07, 6.45) is 3.15. The SMILES string of the molecule is COc1c(Nc2cc(C)c3n(c2=O)C2(CCCCC2)NC3=O)ncnc1N(C(=O)OC(C)(C)C)C(=O)OC(C)(C)C. The molecule has 41 heavy (non-hydrogen) atoms. The first-order valence-corrected chi connectivity index (χ1v) is 13.6. The van der Waals surface area contributed by atoms with Crippen LogP contribution in [0.4, 0.5) is 26.9 Å². The smallest absolute Gasteiger partial charge is 0.425 e. The van der Waals surface area contributed by atoms with Gasteiger partial charge >= 0.3 is 12.2 Å². The fourth-order valence-corrected chi connectivity index (χ4v) is 5.13. The zero-order valence-electron chi connectivity index (χ0n) is 24.8. The van der Waals surface area contributed by atoms with Gasteiger partial charge in [0.15, 0.2) is 11.6 Å². The second-order valence-electron chi connectivity index (χ2n) is 12.3. The molecule has 0 saturated heterocycles. The van der Waals surface area contributed by atoms with Crippen molar-refractivity contribution >= 4 is 35.4 Å². The fraction of sp³-hybridized carbons (Fsp3) is 0.571. The summed E-state index contributed by atoms with van der Waals surface area (Å²) in [5, 5.41) is 6.04. The highest BCUT2D eigenvalue weighted by molar-refractivity contribution is 6.10. The van der Waals surface area contributed by atoms with Crippen LogP contribution < -0.4 is 25.8 Å². The van der Waals surface area contributed by atoms with Crippen LogP contribution in [0.25, 0.3) is 0 Å². The van der Waals surface area contributed by atoms with Gasteiger partial charge in [0, 0.05) is 0 Å². The zero-order valence-corrected chi connectivity index (χ0v) is 24.8. The van der Waals surface area contributed by atoms with E-state index in [1.54, 1.807) is 59.1 Å². The molecule has 0 radical (unpaired) electrons. The number of fused-ring (bicyclic) bond motifs is 2. The molecule has 0 bridgehead atoms. The lowest BCUT2D eigenvalue weighted by molar-refractivity contribution is 0.0427. The number of hydrogen-bond donors (Lipinski definition) is 2. The lowest BCUT2D eigenvalue weighted by atomic mass is 9.89. The number of carbonyl (C=O) groups excluding carboxylic acids is 3. The maximum Gasteiger partial charge on any atom is 0.425 e. The molecule has 0 atom stereocenters. The standard InChI is InChI=1S/C28H38N6O7/c1-16-14-17(23(36)34-18(16)22(35)32-28(34)12-10-9-11-13-28)31-20-19(39-8)21(30-15-29-20)33(24(37)40-26(2,3)4)25(38)41-27(5,6)7/h14-15H,9-13H2,1-8H3,(H,32,35)(H,29,30,31). The molecule has 0 unspecified atom stereocenters. The third-order valence-corrected chi connectivity index (χ3v) is 6.67. The molecular weight excluding hydrogens is 532 g/mol. The van der Waals surface area contributed by atoms with E-state index in [9.17, 15) is 19.2 Å². The molecule has 4 rings (SSSR count). The Kier molecular flexibility index (Phi) is 7.76. The van der Waals surface area contributed by atoms with Crippen LogP contribution in [0, 0.1) is 6.92 Å². The van der Waals surface area contributed by atoms with E-state index in [1.165, 1.54) is 7.11 Å². The Hall–Kier alpha value is -4.16. The Labute approximate surface area is 238 Å². The fourth-order valence-electron chi connectivity index (χ4n) is 5.13. The minimum atomic E-state index is -1.04. The molecule has 2 aliphatic rings. The van der Waals surface area contributed by atoms with Crippen molar-refractivity contribution in [2.45, 2.75) is 97.4 Å². The van der Waals surface area contributed by atoms with Gasteiger partial charge in [0.1, 0.15) is 34.6 Å². The van der Waals surface area contributed by atoms with Gasteiger partial charge in [-0.05, 0) is 85.8 Å². The predicted molar refractivity (Wildman–Crippen MR) is 151 cm³/mol. The number of imide groups is 1. The Morgan fingerprint density at radius 2 is 1.59 bits per heavy atom. The van der Waals surface area contributed by atoms with Crippen molar-refractivity contribution in [2.24, 2.45) is 0 Å². The monoisotopic (exact) mass is 570 g/mol. The number of hydrogen-bond acceptors (Lipinski definition) is 10. The number of methoxy groups -OCH3 is 1. The minimum Gasteiger partial charge on any atom is -0.490 e. The highest BCUT2D eigenvalue weighted by Crippen LogP contribution is 2.39. The second-order valence-corrected chi connectivity index (χ2v) is 12.3. The second kappa shape index (κ2) is 10.7. The molecule has 2 aromatic heterocycles. The first-order valence-electron chi connectivity index (χ1n) is 13.6. The van der Waals surface area contributed by atoms with Gasteiger partial charge < -0.3 is 24.8 Å². The lowest BCUT2D eigenvalue weighted by Gasteiger charge is -2.35. The summed E-state index contributed by atoms with van der Waals surface area (Å²) in [7, 11) is 1.32.